The molecular formula is C22H24O8. The fraction of sp³-hybridized carbons (Fsp3) is 0.364. The molecule has 1 aliphatic heterocycles. The van der Waals surface area contributed by atoms with Crippen molar-refractivity contribution in [1.82, 2.24) is 0 Å². The highest BCUT2D eigenvalue weighted by Crippen LogP contribution is 2.39. The number of ether oxygens (including phenoxy) is 2. The summed E-state index contributed by atoms with van der Waals surface area (Å²) in [7, 11) is 0. The molecule has 5 atom stereocenters. The molecule has 3 aromatic rings. The first-order chi connectivity index (χ1) is 14.4. The number of furan rings is 1. The van der Waals surface area contributed by atoms with Crippen LogP contribution >= 0.6 is 0 Å². The van der Waals surface area contributed by atoms with E-state index in [0.29, 0.717) is 17.6 Å². The van der Waals surface area contributed by atoms with Gasteiger partial charge in [-0.2, -0.15) is 0 Å². The quantitative estimate of drug-likeness (QED) is 0.418. The maximum atomic E-state index is 11.1. The summed E-state index contributed by atoms with van der Waals surface area (Å²) in [5.41, 5.74) is 2.31. The summed E-state index contributed by atoms with van der Waals surface area (Å²) in [5.74, 6) is -1.58. The van der Waals surface area contributed by atoms with E-state index < -0.39 is 36.8 Å². The average Bonchev–Trinajstić information content (AvgIpc) is 3.19. The van der Waals surface area contributed by atoms with Crippen LogP contribution in [-0.4, -0.2) is 63.2 Å². The van der Waals surface area contributed by atoms with Gasteiger partial charge < -0.3 is 39.4 Å². The summed E-state index contributed by atoms with van der Waals surface area (Å²) in [6.45, 7) is 1.83. The summed E-state index contributed by atoms with van der Waals surface area (Å²) >= 11 is 0. The minimum atomic E-state index is -2.33. The molecule has 0 unspecified atom stereocenters. The molecule has 5 N–H and O–H groups in total. The van der Waals surface area contributed by atoms with Crippen LogP contribution in [0.4, 0.5) is 0 Å². The van der Waals surface area contributed by atoms with E-state index in [9.17, 15) is 25.5 Å². The molecule has 2 aromatic carbocycles. The Balaban J connectivity index is 1.75. The van der Waals surface area contributed by atoms with Gasteiger partial charge in [0.15, 0.2) is 0 Å². The standard InChI is InChI=1S/C22H24O8/c1-2-28-14-6-3-12(4-7-14)16-11-29-17-8-5-13(9-15(16)17)22(27)21(26)20(25)19(24)18(10-23)30-22/h3-9,11,18-21,23-27H,2,10H2,1H3/t18-,19-,20+,21-,22-/m1/s1. The highest BCUT2D eigenvalue weighted by molar-refractivity contribution is 5.94. The zero-order valence-corrected chi connectivity index (χ0v) is 16.3. The molecule has 30 heavy (non-hydrogen) atoms. The molecule has 2 heterocycles. The van der Waals surface area contributed by atoms with Gasteiger partial charge >= 0.3 is 0 Å². The third kappa shape index (κ3) is 3.37. The average molecular weight is 416 g/mol. The number of benzene rings is 2. The lowest BCUT2D eigenvalue weighted by Gasteiger charge is -2.45. The maximum absolute atomic E-state index is 11.1. The smallest absolute Gasteiger partial charge is 0.222 e. The number of aliphatic hydroxyl groups excluding tert-OH is 4. The van der Waals surface area contributed by atoms with Crippen LogP contribution in [0.15, 0.2) is 53.1 Å². The molecule has 1 fully saturated rings. The highest BCUT2D eigenvalue weighted by Gasteiger charge is 2.53. The molecule has 1 aromatic heterocycles. The van der Waals surface area contributed by atoms with Crippen molar-refractivity contribution >= 4 is 11.0 Å². The Morgan fingerprint density at radius 2 is 1.77 bits per heavy atom. The van der Waals surface area contributed by atoms with Crippen molar-refractivity contribution in [1.29, 1.82) is 0 Å². The molecule has 0 radical (unpaired) electrons. The van der Waals surface area contributed by atoms with E-state index in [0.717, 1.165) is 16.9 Å². The lowest BCUT2D eigenvalue weighted by Crippen LogP contribution is -2.63. The molecule has 0 bridgehead atoms. The third-order valence-electron chi connectivity index (χ3n) is 5.43. The number of fused-ring (bicyclic) bond motifs is 1. The second-order valence-electron chi connectivity index (χ2n) is 7.28. The van der Waals surface area contributed by atoms with Crippen molar-refractivity contribution in [2.24, 2.45) is 0 Å². The molecule has 160 valence electrons. The van der Waals surface area contributed by atoms with Crippen LogP contribution < -0.4 is 4.74 Å². The number of hydrogen-bond acceptors (Lipinski definition) is 8. The van der Waals surface area contributed by atoms with E-state index in [1.807, 2.05) is 31.2 Å². The van der Waals surface area contributed by atoms with E-state index in [-0.39, 0.29) is 5.56 Å². The van der Waals surface area contributed by atoms with Crippen LogP contribution in [0, 0.1) is 0 Å². The largest absolute Gasteiger partial charge is 0.494 e. The first-order valence-electron chi connectivity index (χ1n) is 9.69. The fourth-order valence-corrected chi connectivity index (χ4v) is 3.77. The Hall–Kier alpha value is -2.46. The van der Waals surface area contributed by atoms with Gasteiger partial charge in [-0.1, -0.05) is 12.1 Å². The van der Waals surface area contributed by atoms with Crippen LogP contribution in [-0.2, 0) is 10.5 Å². The second kappa shape index (κ2) is 7.99. The van der Waals surface area contributed by atoms with Gasteiger partial charge in [0.05, 0.1) is 19.5 Å². The van der Waals surface area contributed by atoms with Crippen molar-refractivity contribution in [3.63, 3.8) is 0 Å². The van der Waals surface area contributed by atoms with Crippen molar-refractivity contribution in [3.8, 4) is 16.9 Å². The Morgan fingerprint density at radius 1 is 1.03 bits per heavy atom. The van der Waals surface area contributed by atoms with Gasteiger partial charge in [-0.05, 0) is 42.8 Å². The maximum Gasteiger partial charge on any atom is 0.222 e. The third-order valence-corrected chi connectivity index (χ3v) is 5.43. The van der Waals surface area contributed by atoms with E-state index in [1.165, 1.54) is 6.07 Å². The zero-order valence-electron chi connectivity index (χ0n) is 16.3. The van der Waals surface area contributed by atoms with E-state index in [2.05, 4.69) is 0 Å². The Labute approximate surface area is 172 Å². The SMILES string of the molecule is CCOc1ccc(-c2coc3ccc([C@@]4(O)O[C@H](CO)[C@@H](O)[C@H](O)[C@H]4O)cc23)cc1. The van der Waals surface area contributed by atoms with Gasteiger partial charge in [0, 0.05) is 16.5 Å². The van der Waals surface area contributed by atoms with Crippen LogP contribution in [0.25, 0.3) is 22.1 Å². The van der Waals surface area contributed by atoms with Crippen LogP contribution in [0.2, 0.25) is 0 Å². The monoisotopic (exact) mass is 416 g/mol. The van der Waals surface area contributed by atoms with E-state index in [4.69, 9.17) is 13.9 Å². The van der Waals surface area contributed by atoms with Gasteiger partial charge in [-0.3, -0.25) is 0 Å². The molecule has 0 amide bonds. The summed E-state index contributed by atoms with van der Waals surface area (Å²) < 4.78 is 16.5. The summed E-state index contributed by atoms with van der Waals surface area (Å²) in [6, 6.07) is 12.1. The number of rotatable bonds is 5. The first-order valence-corrected chi connectivity index (χ1v) is 9.69. The molecule has 0 saturated carbocycles. The topological polar surface area (TPSA) is 133 Å². The number of aliphatic hydroxyl groups is 5. The highest BCUT2D eigenvalue weighted by atomic mass is 16.7. The van der Waals surface area contributed by atoms with E-state index >= 15 is 0 Å². The molecule has 0 spiro atoms. The zero-order chi connectivity index (χ0) is 21.5. The number of hydrogen-bond donors (Lipinski definition) is 5. The van der Waals surface area contributed by atoms with Crippen LogP contribution in [0.3, 0.4) is 0 Å². The van der Waals surface area contributed by atoms with Crippen LogP contribution in [0.1, 0.15) is 12.5 Å². The molecule has 8 nitrogen and oxygen atoms in total. The van der Waals surface area contributed by atoms with Gasteiger partial charge in [-0.25, -0.2) is 0 Å². The molecule has 8 heteroatoms. The minimum absolute atomic E-state index is 0.153. The van der Waals surface area contributed by atoms with E-state index in [1.54, 1.807) is 18.4 Å². The Bertz CT molecular complexity index is 1010. The Morgan fingerprint density at radius 3 is 2.43 bits per heavy atom. The summed E-state index contributed by atoms with van der Waals surface area (Å²) in [6.07, 6.45) is -4.75. The normalized spacial score (nSPS) is 29.3. The first kappa shape index (κ1) is 20.8. The van der Waals surface area contributed by atoms with Crippen molar-refractivity contribution < 1.29 is 39.4 Å². The fourth-order valence-electron chi connectivity index (χ4n) is 3.77. The van der Waals surface area contributed by atoms with Gasteiger partial charge in [0.25, 0.3) is 0 Å². The van der Waals surface area contributed by atoms with Gasteiger partial charge in [0.1, 0.15) is 35.7 Å². The lowest BCUT2D eigenvalue weighted by molar-refractivity contribution is -0.357. The predicted molar refractivity (Wildman–Crippen MR) is 107 cm³/mol. The van der Waals surface area contributed by atoms with Crippen LogP contribution in [0.5, 0.6) is 5.75 Å². The molecule has 4 rings (SSSR count). The molecular weight excluding hydrogens is 392 g/mol. The lowest BCUT2D eigenvalue weighted by atomic mass is 9.87. The summed E-state index contributed by atoms with van der Waals surface area (Å²) in [5, 5.41) is 51.6. The predicted octanol–water partition coefficient (Wildman–Crippen LogP) is 1.12. The van der Waals surface area contributed by atoms with Crippen molar-refractivity contribution in [2.45, 2.75) is 37.1 Å². The van der Waals surface area contributed by atoms with Gasteiger partial charge in [0.2, 0.25) is 5.79 Å². The van der Waals surface area contributed by atoms with Crippen molar-refractivity contribution in [2.75, 3.05) is 13.2 Å². The molecule has 1 aliphatic rings. The Kier molecular flexibility index (Phi) is 5.54. The summed E-state index contributed by atoms with van der Waals surface area (Å²) in [4.78, 5) is 0. The minimum Gasteiger partial charge on any atom is -0.494 e. The van der Waals surface area contributed by atoms with Crippen molar-refractivity contribution in [3.05, 3.63) is 54.3 Å². The van der Waals surface area contributed by atoms with Gasteiger partial charge in [-0.15, -0.1) is 0 Å². The molecule has 1 saturated heterocycles. The molecule has 0 aliphatic carbocycles. The second-order valence-corrected chi connectivity index (χ2v) is 7.28.